The number of sulfonamides is 1. The van der Waals surface area contributed by atoms with E-state index in [0.717, 1.165) is 47.2 Å². The van der Waals surface area contributed by atoms with Crippen molar-refractivity contribution in [3.8, 4) is 11.1 Å². The Morgan fingerprint density at radius 2 is 1.64 bits per heavy atom. The van der Waals surface area contributed by atoms with Crippen LogP contribution in [0.2, 0.25) is 0 Å². The van der Waals surface area contributed by atoms with Crippen LogP contribution in [-0.2, 0) is 23.0 Å². The molecule has 0 aliphatic carbocycles. The van der Waals surface area contributed by atoms with Crippen LogP contribution in [0.1, 0.15) is 41.5 Å². The number of fused-ring (bicyclic) bond motifs is 1. The van der Waals surface area contributed by atoms with Gasteiger partial charge in [-0.2, -0.15) is 0 Å². The van der Waals surface area contributed by atoms with E-state index in [1.807, 2.05) is 48.5 Å². The van der Waals surface area contributed by atoms with Gasteiger partial charge in [0.15, 0.2) is 0 Å². The molecular weight excluding hydrogens is 510 g/mol. The van der Waals surface area contributed by atoms with Crippen molar-refractivity contribution >= 4 is 32.7 Å². The van der Waals surface area contributed by atoms with Crippen LogP contribution in [-0.4, -0.2) is 29.0 Å². The normalized spacial score (nSPS) is 11.5. The lowest BCUT2D eigenvalue weighted by Crippen LogP contribution is -2.13. The molecule has 0 fully saturated rings. The molecule has 8 heteroatoms. The van der Waals surface area contributed by atoms with E-state index >= 15 is 0 Å². The van der Waals surface area contributed by atoms with Gasteiger partial charge in [0.25, 0.3) is 10.0 Å². The number of aromatic carboxylic acids is 1. The fourth-order valence-corrected chi connectivity index (χ4v) is 5.72. The molecule has 0 saturated heterocycles. The van der Waals surface area contributed by atoms with E-state index in [1.165, 1.54) is 0 Å². The van der Waals surface area contributed by atoms with Crippen molar-refractivity contribution in [2.75, 3.05) is 4.72 Å². The first-order valence-corrected chi connectivity index (χ1v) is 14.3. The summed E-state index contributed by atoms with van der Waals surface area (Å²) in [5, 5.41) is 9.56. The third-order valence-electron chi connectivity index (χ3n) is 6.65. The summed E-state index contributed by atoms with van der Waals surface area (Å²) in [6.07, 6.45) is 2.82. The molecule has 0 aliphatic heterocycles. The molecule has 1 heterocycles. The lowest BCUT2D eigenvalue weighted by molar-refractivity contribution is 0.0697. The van der Waals surface area contributed by atoms with Gasteiger partial charge in [-0.15, -0.1) is 0 Å². The molecular formula is C31H29N3O4S. The van der Waals surface area contributed by atoms with Gasteiger partial charge in [0.2, 0.25) is 0 Å². The van der Waals surface area contributed by atoms with Crippen LogP contribution in [0.25, 0.3) is 22.2 Å². The summed E-state index contributed by atoms with van der Waals surface area (Å²) in [5.41, 5.74) is 4.90. The highest BCUT2D eigenvalue weighted by molar-refractivity contribution is 7.92. The second-order valence-corrected chi connectivity index (χ2v) is 11.1. The summed E-state index contributed by atoms with van der Waals surface area (Å²) in [6.45, 7) is 2.68. The van der Waals surface area contributed by atoms with Gasteiger partial charge in [-0.1, -0.05) is 74.0 Å². The lowest BCUT2D eigenvalue weighted by atomic mass is 9.99. The molecule has 7 nitrogen and oxygen atoms in total. The van der Waals surface area contributed by atoms with Crippen LogP contribution < -0.4 is 4.72 Å². The number of nitrogens with one attached hydrogen (secondary N) is 1. The Hall–Kier alpha value is -4.43. The number of carbonyl (C=O) groups is 1. The van der Waals surface area contributed by atoms with E-state index in [-0.39, 0.29) is 10.5 Å². The summed E-state index contributed by atoms with van der Waals surface area (Å²) in [6, 6.07) is 28.5. The maximum absolute atomic E-state index is 12.9. The maximum Gasteiger partial charge on any atom is 0.336 e. The minimum absolute atomic E-state index is 0.201. The van der Waals surface area contributed by atoms with Crippen molar-refractivity contribution in [3.05, 3.63) is 114 Å². The minimum atomic E-state index is -3.72. The summed E-state index contributed by atoms with van der Waals surface area (Å²) >= 11 is 0. The van der Waals surface area contributed by atoms with Crippen molar-refractivity contribution in [1.29, 1.82) is 0 Å². The first kappa shape index (κ1) is 26.2. The Balaban J connectivity index is 1.48. The zero-order valence-electron chi connectivity index (χ0n) is 21.5. The molecule has 0 aliphatic rings. The molecule has 0 bridgehead atoms. The standard InChI is InChI=1S/C31H29N3O4S/c1-2-3-13-30-32-28-19-18-24(33-39(37,38)25-9-5-4-6-10-25)20-29(28)34(30)21-22-14-16-23(17-15-22)26-11-7-8-12-27(26)31(35)36/h4-12,14-20,33H,2-3,13,21H2,1H3,(H,35,36). The predicted molar refractivity (Wildman–Crippen MR) is 154 cm³/mol. The molecule has 0 spiro atoms. The molecule has 198 valence electrons. The second-order valence-electron chi connectivity index (χ2n) is 9.39. The zero-order valence-corrected chi connectivity index (χ0v) is 22.4. The fraction of sp³-hybridized carbons (Fsp3) is 0.161. The average molecular weight is 540 g/mol. The summed E-state index contributed by atoms with van der Waals surface area (Å²) < 4.78 is 30.6. The van der Waals surface area contributed by atoms with Crippen molar-refractivity contribution in [1.82, 2.24) is 9.55 Å². The van der Waals surface area contributed by atoms with Crippen molar-refractivity contribution in [2.45, 2.75) is 37.6 Å². The van der Waals surface area contributed by atoms with Crippen molar-refractivity contribution in [2.24, 2.45) is 0 Å². The smallest absolute Gasteiger partial charge is 0.336 e. The Morgan fingerprint density at radius 3 is 2.36 bits per heavy atom. The molecule has 39 heavy (non-hydrogen) atoms. The van der Waals surface area contributed by atoms with E-state index in [1.54, 1.807) is 48.5 Å². The van der Waals surface area contributed by atoms with Gasteiger partial charge in [-0.3, -0.25) is 4.72 Å². The number of nitrogens with zero attached hydrogens (tertiary/aromatic N) is 2. The highest BCUT2D eigenvalue weighted by Gasteiger charge is 2.17. The molecule has 0 atom stereocenters. The summed E-state index contributed by atoms with van der Waals surface area (Å²) in [5.74, 6) is -0.0194. The van der Waals surface area contributed by atoms with E-state index < -0.39 is 16.0 Å². The monoisotopic (exact) mass is 539 g/mol. The number of benzene rings is 4. The first-order valence-electron chi connectivity index (χ1n) is 12.8. The van der Waals surface area contributed by atoms with E-state index in [2.05, 4.69) is 16.2 Å². The van der Waals surface area contributed by atoms with Gasteiger partial charge in [-0.25, -0.2) is 18.2 Å². The molecule has 5 aromatic rings. The van der Waals surface area contributed by atoms with Crippen LogP contribution in [0.4, 0.5) is 5.69 Å². The number of hydrogen-bond donors (Lipinski definition) is 2. The molecule has 5 rings (SSSR count). The fourth-order valence-electron chi connectivity index (χ4n) is 4.65. The zero-order chi connectivity index (χ0) is 27.4. The SMILES string of the molecule is CCCCc1nc2ccc(NS(=O)(=O)c3ccccc3)cc2n1Cc1ccc(-c2ccccc2C(=O)O)cc1. The molecule has 2 N–H and O–H groups in total. The number of carboxylic acids is 1. The third kappa shape index (κ3) is 5.71. The van der Waals surface area contributed by atoms with Gasteiger partial charge in [-0.05, 0) is 59.5 Å². The summed E-state index contributed by atoms with van der Waals surface area (Å²) in [4.78, 5) is 16.7. The van der Waals surface area contributed by atoms with E-state index in [0.29, 0.717) is 17.8 Å². The van der Waals surface area contributed by atoms with E-state index in [9.17, 15) is 18.3 Å². The topological polar surface area (TPSA) is 101 Å². The largest absolute Gasteiger partial charge is 0.478 e. The molecule has 4 aromatic carbocycles. The quantitative estimate of drug-likeness (QED) is 0.208. The van der Waals surface area contributed by atoms with Crippen molar-refractivity contribution < 1.29 is 18.3 Å². The van der Waals surface area contributed by atoms with Gasteiger partial charge in [0, 0.05) is 13.0 Å². The lowest BCUT2D eigenvalue weighted by Gasteiger charge is -2.12. The molecule has 0 saturated carbocycles. The van der Waals surface area contributed by atoms with Crippen LogP contribution in [0.3, 0.4) is 0 Å². The highest BCUT2D eigenvalue weighted by Crippen LogP contribution is 2.27. The number of hydrogen-bond acceptors (Lipinski definition) is 4. The summed E-state index contributed by atoms with van der Waals surface area (Å²) in [7, 11) is -3.72. The second kappa shape index (κ2) is 11.1. The van der Waals surface area contributed by atoms with Gasteiger partial charge in [0.05, 0.1) is 27.2 Å². The minimum Gasteiger partial charge on any atom is -0.478 e. The highest BCUT2D eigenvalue weighted by atomic mass is 32.2. The maximum atomic E-state index is 12.9. The van der Waals surface area contributed by atoms with Gasteiger partial charge < -0.3 is 9.67 Å². The van der Waals surface area contributed by atoms with Crippen LogP contribution >= 0.6 is 0 Å². The first-order chi connectivity index (χ1) is 18.9. The number of anilines is 1. The number of rotatable bonds is 10. The van der Waals surface area contributed by atoms with Crippen molar-refractivity contribution in [3.63, 3.8) is 0 Å². The Bertz CT molecular complexity index is 1730. The molecule has 0 radical (unpaired) electrons. The number of unbranched alkanes of at least 4 members (excludes halogenated alkanes) is 1. The van der Waals surface area contributed by atoms with Crippen LogP contribution in [0, 0.1) is 0 Å². The Labute approximate surface area is 227 Å². The molecule has 1 aromatic heterocycles. The predicted octanol–water partition coefficient (Wildman–Crippen LogP) is 6.59. The molecule has 0 amide bonds. The number of imidazole rings is 1. The van der Waals surface area contributed by atoms with Crippen LogP contribution in [0.5, 0.6) is 0 Å². The molecule has 0 unspecified atom stereocenters. The van der Waals surface area contributed by atoms with Gasteiger partial charge in [0.1, 0.15) is 5.82 Å². The van der Waals surface area contributed by atoms with Gasteiger partial charge >= 0.3 is 5.97 Å². The number of aromatic nitrogens is 2. The number of aryl methyl sites for hydroxylation is 1. The van der Waals surface area contributed by atoms with Crippen LogP contribution in [0.15, 0.2) is 102 Å². The van der Waals surface area contributed by atoms with E-state index in [4.69, 9.17) is 4.98 Å². The third-order valence-corrected chi connectivity index (χ3v) is 8.05. The Morgan fingerprint density at radius 1 is 0.923 bits per heavy atom. The Kier molecular flexibility index (Phi) is 7.47. The number of carboxylic acid groups (broad SMARTS) is 1. The average Bonchev–Trinajstić information content (AvgIpc) is 3.28.